The van der Waals surface area contributed by atoms with Crippen molar-refractivity contribution in [3.8, 4) is 0 Å². The van der Waals surface area contributed by atoms with Gasteiger partial charge in [-0.3, -0.25) is 0 Å². The molecule has 9 nitrogen and oxygen atoms in total. The lowest BCUT2D eigenvalue weighted by Gasteiger charge is -2.58. The Morgan fingerprint density at radius 2 is 1.79 bits per heavy atom. The van der Waals surface area contributed by atoms with Crippen LogP contribution >= 0.6 is 0 Å². The van der Waals surface area contributed by atoms with Crippen molar-refractivity contribution in [1.29, 1.82) is 0 Å². The number of hydrogen-bond acceptors (Lipinski definition) is 9. The highest BCUT2D eigenvalue weighted by molar-refractivity contribution is 5.83. The summed E-state index contributed by atoms with van der Waals surface area (Å²) in [7, 11) is 0. The fourth-order valence-electron chi connectivity index (χ4n) is 7.36. The van der Waals surface area contributed by atoms with Crippen LogP contribution in [0, 0.1) is 10.8 Å². The van der Waals surface area contributed by atoms with E-state index < -0.39 is 59.1 Å². The van der Waals surface area contributed by atoms with Crippen LogP contribution in [0.2, 0.25) is 0 Å². The highest BCUT2D eigenvalue weighted by atomic mass is 16.7. The maximum Gasteiger partial charge on any atom is 0.331 e. The summed E-state index contributed by atoms with van der Waals surface area (Å²) in [6.45, 7) is 8.21. The molecule has 9 heteroatoms. The zero-order valence-corrected chi connectivity index (χ0v) is 22.3. The Kier molecular flexibility index (Phi) is 6.23. The van der Waals surface area contributed by atoms with Crippen molar-refractivity contribution in [1.82, 2.24) is 0 Å². The Morgan fingerprint density at radius 1 is 1.00 bits per heavy atom. The number of hydrogen-bond donors (Lipinski definition) is 1. The molecule has 4 aliphatic heterocycles. The Labute approximate surface area is 222 Å². The predicted octanol–water partition coefficient (Wildman–Crippen LogP) is 2.68. The Morgan fingerprint density at radius 3 is 2.55 bits per heavy atom. The summed E-state index contributed by atoms with van der Waals surface area (Å²) in [6, 6.07) is 0. The van der Waals surface area contributed by atoms with E-state index in [1.165, 1.54) is 17.7 Å². The maximum atomic E-state index is 13.0. The molecule has 38 heavy (non-hydrogen) atoms. The molecule has 2 aliphatic carbocycles. The normalized spacial score (nSPS) is 51.4. The summed E-state index contributed by atoms with van der Waals surface area (Å²) in [5.41, 5.74) is -0.499. The van der Waals surface area contributed by atoms with Gasteiger partial charge < -0.3 is 33.5 Å². The lowest BCUT2D eigenvalue weighted by molar-refractivity contribution is -0.232. The molecule has 1 N–H and O–H groups in total. The van der Waals surface area contributed by atoms with E-state index in [-0.39, 0.29) is 18.8 Å². The minimum Gasteiger partial charge on any atom is -0.462 e. The molecule has 4 fully saturated rings. The zero-order chi connectivity index (χ0) is 26.9. The Balaban J connectivity index is 1.40. The number of aliphatic hydroxyl groups is 1. The Bertz CT molecular complexity index is 1130. The van der Waals surface area contributed by atoms with Crippen LogP contribution in [0.25, 0.3) is 0 Å². The van der Waals surface area contributed by atoms with Gasteiger partial charge in [-0.25, -0.2) is 9.59 Å². The molecule has 206 valence electrons. The molecular weight excluding hydrogens is 492 g/mol. The van der Waals surface area contributed by atoms with E-state index in [9.17, 15) is 14.7 Å². The molecule has 0 aromatic rings. The summed E-state index contributed by atoms with van der Waals surface area (Å²) < 4.78 is 36.3. The average Bonchev–Trinajstić information content (AvgIpc) is 3.57. The largest absolute Gasteiger partial charge is 0.462 e. The van der Waals surface area contributed by atoms with E-state index in [0.29, 0.717) is 19.4 Å². The molecule has 1 saturated carbocycles. The van der Waals surface area contributed by atoms with E-state index in [0.717, 1.165) is 12.0 Å². The number of carbonyl (C=O) groups excluding carboxylic acids is 2. The first-order valence-electron chi connectivity index (χ1n) is 13.4. The predicted molar refractivity (Wildman–Crippen MR) is 134 cm³/mol. The maximum absolute atomic E-state index is 13.0. The van der Waals surface area contributed by atoms with Crippen molar-refractivity contribution in [3.63, 3.8) is 0 Å². The number of allylic oxidation sites excluding steroid dienone is 3. The van der Waals surface area contributed by atoms with Crippen molar-refractivity contribution in [2.45, 2.75) is 95.5 Å². The number of epoxide rings is 1. The molecule has 6 aliphatic rings. The van der Waals surface area contributed by atoms with E-state index in [4.69, 9.17) is 28.4 Å². The van der Waals surface area contributed by atoms with Crippen LogP contribution in [0.15, 0.2) is 47.6 Å². The number of rotatable bonds is 0. The molecule has 2 spiro atoms. The summed E-state index contributed by atoms with van der Waals surface area (Å²) in [4.78, 5) is 26.0. The topological polar surface area (TPSA) is 113 Å². The lowest BCUT2D eigenvalue weighted by atomic mass is 9.51. The fraction of sp³-hybridized carbons (Fsp3) is 0.655. The van der Waals surface area contributed by atoms with Gasteiger partial charge in [-0.05, 0) is 33.6 Å². The second-order valence-corrected chi connectivity index (χ2v) is 11.8. The molecule has 0 unspecified atom stereocenters. The number of ether oxygens (including phenoxy) is 6. The van der Waals surface area contributed by atoms with E-state index >= 15 is 0 Å². The monoisotopic (exact) mass is 528 g/mol. The van der Waals surface area contributed by atoms with Crippen LogP contribution in [0.3, 0.4) is 0 Å². The van der Waals surface area contributed by atoms with Gasteiger partial charge in [0.15, 0.2) is 6.29 Å². The standard InChI is InChI=1S/C29H36O9/c1-16-9-10-28-14-33-22(31)12-17(2)13-23-35-18(3)19(36-23)7-5-6-8-21(30)38-25-24(32)26(37-20(28)11-16)29(15-34-29)27(25,28)4/h5-8,11-12,18-20,23-26,32H,9-10,13-15H2,1-4H3/b7-5-,8-6-,17-12-/t18-,19+,20+,23-,24-,25+,26+,27+,28+,29+/m0/s1. The third-order valence-corrected chi connectivity index (χ3v) is 9.61. The molecule has 6 rings (SSSR count). The molecular formula is C29H36O9. The van der Waals surface area contributed by atoms with Gasteiger partial charge in [0.25, 0.3) is 0 Å². The summed E-state index contributed by atoms with van der Waals surface area (Å²) in [5.74, 6) is -1.05. The number of cyclic esters (lactones) is 1. The summed E-state index contributed by atoms with van der Waals surface area (Å²) in [6.07, 6.45) is 7.78. The van der Waals surface area contributed by atoms with Crippen molar-refractivity contribution in [3.05, 3.63) is 47.6 Å². The minimum atomic E-state index is -1.09. The van der Waals surface area contributed by atoms with Crippen molar-refractivity contribution in [2.75, 3.05) is 13.2 Å². The van der Waals surface area contributed by atoms with Crippen molar-refractivity contribution < 1.29 is 43.1 Å². The van der Waals surface area contributed by atoms with Crippen LogP contribution in [0.5, 0.6) is 0 Å². The first-order chi connectivity index (χ1) is 18.1. The second-order valence-electron chi connectivity index (χ2n) is 11.8. The molecule has 0 amide bonds. The number of fused-ring (bicyclic) bond motifs is 2. The zero-order valence-electron chi connectivity index (χ0n) is 22.3. The average molecular weight is 529 g/mol. The number of esters is 2. The van der Waals surface area contributed by atoms with Gasteiger partial charge in [0.05, 0.1) is 24.2 Å². The highest BCUT2D eigenvalue weighted by Crippen LogP contribution is 2.72. The van der Waals surface area contributed by atoms with E-state index in [1.54, 1.807) is 12.2 Å². The van der Waals surface area contributed by atoms with Gasteiger partial charge in [0, 0.05) is 24.0 Å². The third-order valence-electron chi connectivity index (χ3n) is 9.61. The van der Waals surface area contributed by atoms with E-state index in [2.05, 4.69) is 6.08 Å². The van der Waals surface area contributed by atoms with Gasteiger partial charge in [0.1, 0.15) is 36.6 Å². The third kappa shape index (κ3) is 3.78. The minimum absolute atomic E-state index is 0.0350. The van der Waals surface area contributed by atoms with Crippen molar-refractivity contribution in [2.24, 2.45) is 10.8 Å². The SMILES string of the molecule is CC1=C[C@H]2O[C@@H]3[C@@H](O)[C@H]4OC(=O)/C=C\C=C/[C@H]5O[C@@H](C/C(C)=C\C(=O)OC[C@@]2(CC1)[C@]4(C)[C@@]31CO1)O[C@H]5C. The Hall–Kier alpha value is -2.30. The van der Waals surface area contributed by atoms with Crippen molar-refractivity contribution >= 4 is 11.9 Å². The van der Waals surface area contributed by atoms with Gasteiger partial charge in [-0.15, -0.1) is 0 Å². The molecule has 0 radical (unpaired) electrons. The number of aliphatic hydroxyl groups excluding tert-OH is 1. The summed E-state index contributed by atoms with van der Waals surface area (Å²) >= 11 is 0. The molecule has 0 aromatic carbocycles. The molecule has 10 atom stereocenters. The second kappa shape index (κ2) is 9.13. The molecule has 4 heterocycles. The first kappa shape index (κ1) is 26.0. The van der Waals surface area contributed by atoms with Gasteiger partial charge >= 0.3 is 11.9 Å². The quantitative estimate of drug-likeness (QED) is 0.288. The number of carbonyl (C=O) groups is 2. The first-order valence-corrected chi connectivity index (χ1v) is 13.4. The summed E-state index contributed by atoms with van der Waals surface area (Å²) in [5, 5.41) is 11.4. The molecule has 4 bridgehead atoms. The smallest absolute Gasteiger partial charge is 0.331 e. The van der Waals surface area contributed by atoms with Crippen LogP contribution in [-0.2, 0) is 38.0 Å². The van der Waals surface area contributed by atoms with Crippen LogP contribution < -0.4 is 0 Å². The van der Waals surface area contributed by atoms with Crippen LogP contribution in [-0.4, -0.2) is 78.8 Å². The van der Waals surface area contributed by atoms with Crippen LogP contribution in [0.1, 0.15) is 47.0 Å². The van der Waals surface area contributed by atoms with Gasteiger partial charge in [-0.1, -0.05) is 42.4 Å². The van der Waals surface area contributed by atoms with E-state index in [1.807, 2.05) is 33.8 Å². The fourth-order valence-corrected chi connectivity index (χ4v) is 7.36. The molecule has 0 aromatic heterocycles. The van der Waals surface area contributed by atoms with Gasteiger partial charge in [0.2, 0.25) is 0 Å². The highest BCUT2D eigenvalue weighted by Gasteiger charge is 2.85. The van der Waals surface area contributed by atoms with Crippen LogP contribution in [0.4, 0.5) is 0 Å². The van der Waals surface area contributed by atoms with Gasteiger partial charge in [-0.2, -0.15) is 0 Å². The lowest BCUT2D eigenvalue weighted by Crippen LogP contribution is -2.66. The molecule has 3 saturated heterocycles.